The molecule has 1 aromatic carbocycles. The van der Waals surface area contributed by atoms with E-state index >= 15 is 0 Å². The summed E-state index contributed by atoms with van der Waals surface area (Å²) in [5.74, 6) is -1.32. The summed E-state index contributed by atoms with van der Waals surface area (Å²) < 4.78 is 0.410. The molecule has 3 nitrogen and oxygen atoms in total. The van der Waals surface area contributed by atoms with Gasteiger partial charge in [-0.15, -0.1) is 0 Å². The van der Waals surface area contributed by atoms with Crippen molar-refractivity contribution in [1.82, 2.24) is 0 Å². The summed E-state index contributed by atoms with van der Waals surface area (Å²) in [5.41, 5.74) is 1.39. The molecule has 0 amide bonds. The van der Waals surface area contributed by atoms with E-state index in [0.29, 0.717) is 10.0 Å². The molecule has 70 valence electrons. The van der Waals surface area contributed by atoms with Crippen molar-refractivity contribution in [3.05, 3.63) is 27.2 Å². The molecule has 0 aliphatic heterocycles. The first-order valence-corrected chi connectivity index (χ1v) is 4.46. The molecular formula is C9H9BrO3. The Bertz CT molecular complexity index is 345. The number of aromatic carboxylic acids is 1. The third kappa shape index (κ3) is 1.67. The number of carboxylic acid groups (broad SMARTS) is 1. The molecule has 0 radical (unpaired) electrons. The quantitative estimate of drug-likeness (QED) is 0.798. The van der Waals surface area contributed by atoms with Crippen molar-refractivity contribution >= 4 is 21.9 Å². The molecule has 0 bridgehead atoms. The summed E-state index contributed by atoms with van der Waals surface area (Å²) >= 11 is 3.09. The zero-order chi connectivity index (χ0) is 10.2. The molecule has 2 N–H and O–H groups in total. The molecule has 13 heavy (non-hydrogen) atoms. The zero-order valence-electron chi connectivity index (χ0n) is 7.26. The molecule has 4 heteroatoms. The maximum atomic E-state index is 10.8. The fourth-order valence-corrected chi connectivity index (χ4v) is 1.66. The number of hydrogen-bond acceptors (Lipinski definition) is 2. The van der Waals surface area contributed by atoms with E-state index in [1.54, 1.807) is 19.9 Å². The molecule has 0 spiro atoms. The average Bonchev–Trinajstić information content (AvgIpc) is 2.01. The second-order valence-electron chi connectivity index (χ2n) is 2.83. The predicted octanol–water partition coefficient (Wildman–Crippen LogP) is 2.47. The number of hydrogen-bond donors (Lipinski definition) is 2. The average molecular weight is 245 g/mol. The van der Waals surface area contributed by atoms with Crippen molar-refractivity contribution in [2.45, 2.75) is 13.8 Å². The van der Waals surface area contributed by atoms with Crippen LogP contribution in [-0.2, 0) is 0 Å². The normalized spacial score (nSPS) is 10.1. The number of rotatable bonds is 1. The highest BCUT2D eigenvalue weighted by Crippen LogP contribution is 2.32. The maximum Gasteiger partial charge on any atom is 0.339 e. The van der Waals surface area contributed by atoms with Crippen LogP contribution in [0.4, 0.5) is 0 Å². The molecule has 0 atom stereocenters. The minimum atomic E-state index is -1.11. The standard InChI is InChI=1S/C9H9BrO3/c1-4-3-6(10)8(11)7(5(4)2)9(12)13/h3,11H,1-2H3,(H,12,13). The molecule has 0 unspecified atom stereocenters. The van der Waals surface area contributed by atoms with E-state index in [1.165, 1.54) is 0 Å². The number of carboxylic acids is 1. The summed E-state index contributed by atoms with van der Waals surface area (Å²) in [5, 5.41) is 18.3. The largest absolute Gasteiger partial charge is 0.506 e. The van der Waals surface area contributed by atoms with Gasteiger partial charge in [-0.05, 0) is 47.0 Å². The summed E-state index contributed by atoms with van der Waals surface area (Å²) in [4.78, 5) is 10.8. The highest BCUT2D eigenvalue weighted by atomic mass is 79.9. The number of benzene rings is 1. The predicted molar refractivity (Wildman–Crippen MR) is 52.2 cm³/mol. The van der Waals surface area contributed by atoms with Crippen molar-refractivity contribution < 1.29 is 15.0 Å². The smallest absolute Gasteiger partial charge is 0.339 e. The van der Waals surface area contributed by atoms with E-state index in [4.69, 9.17) is 5.11 Å². The molecular weight excluding hydrogens is 236 g/mol. The lowest BCUT2D eigenvalue weighted by atomic mass is 10.0. The second kappa shape index (κ2) is 3.38. The van der Waals surface area contributed by atoms with E-state index in [2.05, 4.69) is 15.9 Å². The van der Waals surface area contributed by atoms with E-state index in [9.17, 15) is 9.90 Å². The Kier molecular flexibility index (Phi) is 2.61. The Hall–Kier alpha value is -1.03. The fourth-order valence-electron chi connectivity index (χ4n) is 1.12. The van der Waals surface area contributed by atoms with Gasteiger partial charge in [-0.2, -0.15) is 0 Å². The van der Waals surface area contributed by atoms with Crippen LogP contribution in [0.2, 0.25) is 0 Å². The Balaban J connectivity index is 3.56. The third-order valence-corrected chi connectivity index (χ3v) is 2.59. The molecule has 0 saturated heterocycles. The first-order chi connectivity index (χ1) is 5.95. The maximum absolute atomic E-state index is 10.8. The first kappa shape index (κ1) is 10.1. The van der Waals surface area contributed by atoms with Gasteiger partial charge in [-0.3, -0.25) is 0 Å². The van der Waals surface area contributed by atoms with Crippen molar-refractivity contribution in [3.8, 4) is 5.75 Å². The van der Waals surface area contributed by atoms with Gasteiger partial charge in [0.1, 0.15) is 11.3 Å². The number of aryl methyl sites for hydroxylation is 1. The molecule has 0 aliphatic carbocycles. The van der Waals surface area contributed by atoms with Crippen LogP contribution in [0.5, 0.6) is 5.75 Å². The van der Waals surface area contributed by atoms with Gasteiger partial charge in [0, 0.05) is 0 Å². The van der Waals surface area contributed by atoms with Gasteiger partial charge in [0.05, 0.1) is 4.47 Å². The van der Waals surface area contributed by atoms with E-state index in [-0.39, 0.29) is 11.3 Å². The fraction of sp³-hybridized carbons (Fsp3) is 0.222. The molecule has 0 fully saturated rings. The summed E-state index contributed by atoms with van der Waals surface area (Å²) in [6.07, 6.45) is 0. The van der Waals surface area contributed by atoms with E-state index < -0.39 is 5.97 Å². The number of aromatic hydroxyl groups is 1. The van der Waals surface area contributed by atoms with Crippen molar-refractivity contribution in [1.29, 1.82) is 0 Å². The van der Waals surface area contributed by atoms with E-state index in [1.807, 2.05) is 0 Å². The van der Waals surface area contributed by atoms with Crippen LogP contribution in [0.15, 0.2) is 10.5 Å². The van der Waals surface area contributed by atoms with Gasteiger partial charge in [0.2, 0.25) is 0 Å². The Morgan fingerprint density at radius 2 is 2.00 bits per heavy atom. The monoisotopic (exact) mass is 244 g/mol. The minimum Gasteiger partial charge on any atom is -0.506 e. The van der Waals surface area contributed by atoms with Crippen LogP contribution in [0, 0.1) is 13.8 Å². The van der Waals surface area contributed by atoms with Gasteiger partial charge in [-0.25, -0.2) is 4.79 Å². The second-order valence-corrected chi connectivity index (χ2v) is 3.68. The number of halogens is 1. The molecule has 1 rings (SSSR count). The zero-order valence-corrected chi connectivity index (χ0v) is 8.84. The summed E-state index contributed by atoms with van der Waals surface area (Å²) in [6, 6.07) is 1.69. The lowest BCUT2D eigenvalue weighted by Gasteiger charge is -2.08. The van der Waals surface area contributed by atoms with Crippen LogP contribution < -0.4 is 0 Å². The Morgan fingerprint density at radius 3 is 2.46 bits per heavy atom. The van der Waals surface area contributed by atoms with Crippen molar-refractivity contribution in [2.75, 3.05) is 0 Å². The first-order valence-electron chi connectivity index (χ1n) is 3.67. The van der Waals surface area contributed by atoms with E-state index in [0.717, 1.165) is 5.56 Å². The highest BCUT2D eigenvalue weighted by molar-refractivity contribution is 9.10. The van der Waals surface area contributed by atoms with Crippen molar-refractivity contribution in [3.63, 3.8) is 0 Å². The summed E-state index contributed by atoms with van der Waals surface area (Å²) in [7, 11) is 0. The topological polar surface area (TPSA) is 57.5 Å². The lowest BCUT2D eigenvalue weighted by Crippen LogP contribution is -2.02. The number of carbonyl (C=O) groups is 1. The van der Waals surface area contributed by atoms with Gasteiger partial charge in [0.25, 0.3) is 0 Å². The molecule has 0 heterocycles. The van der Waals surface area contributed by atoms with Gasteiger partial charge >= 0.3 is 5.97 Å². The number of phenols is 1. The Morgan fingerprint density at radius 1 is 1.46 bits per heavy atom. The lowest BCUT2D eigenvalue weighted by molar-refractivity contribution is 0.0692. The molecule has 0 aliphatic rings. The van der Waals surface area contributed by atoms with Crippen LogP contribution in [0.25, 0.3) is 0 Å². The van der Waals surface area contributed by atoms with Crippen LogP contribution in [-0.4, -0.2) is 16.2 Å². The molecule has 0 saturated carbocycles. The third-order valence-electron chi connectivity index (χ3n) is 1.99. The SMILES string of the molecule is Cc1cc(Br)c(O)c(C(=O)O)c1C. The van der Waals surface area contributed by atoms with Crippen molar-refractivity contribution in [2.24, 2.45) is 0 Å². The summed E-state index contributed by atoms with van der Waals surface area (Å²) in [6.45, 7) is 3.47. The molecule has 1 aromatic rings. The van der Waals surface area contributed by atoms with Gasteiger partial charge < -0.3 is 10.2 Å². The van der Waals surface area contributed by atoms with Crippen LogP contribution in [0.3, 0.4) is 0 Å². The van der Waals surface area contributed by atoms with Crippen LogP contribution >= 0.6 is 15.9 Å². The minimum absolute atomic E-state index is 0.0353. The highest BCUT2D eigenvalue weighted by Gasteiger charge is 2.17. The van der Waals surface area contributed by atoms with Gasteiger partial charge in [-0.1, -0.05) is 0 Å². The molecule has 0 aromatic heterocycles. The van der Waals surface area contributed by atoms with Crippen LogP contribution in [0.1, 0.15) is 21.5 Å². The Labute approximate surface area is 84.1 Å². The van der Waals surface area contributed by atoms with Gasteiger partial charge in [0.15, 0.2) is 0 Å².